The lowest BCUT2D eigenvalue weighted by molar-refractivity contribution is -0.210. The zero-order valence-corrected chi connectivity index (χ0v) is 26.7. The maximum Gasteiger partial charge on any atom is 0.303 e. The van der Waals surface area contributed by atoms with E-state index in [1.54, 1.807) is 0 Å². The second-order valence-electron chi connectivity index (χ2n) is 16.8. The molecule has 1 N–H and O–H groups in total. The van der Waals surface area contributed by atoms with Gasteiger partial charge in [-0.25, -0.2) is 0 Å². The summed E-state index contributed by atoms with van der Waals surface area (Å²) < 4.78 is 18.8. The molecule has 0 unspecified atom stereocenters. The van der Waals surface area contributed by atoms with E-state index in [0.717, 1.165) is 44.9 Å². The van der Waals surface area contributed by atoms with Crippen molar-refractivity contribution in [1.82, 2.24) is 0 Å². The van der Waals surface area contributed by atoms with Crippen LogP contribution in [0.5, 0.6) is 0 Å². The van der Waals surface area contributed by atoms with E-state index in [2.05, 4.69) is 34.6 Å². The van der Waals surface area contributed by atoms with Crippen molar-refractivity contribution in [2.75, 3.05) is 0 Å². The number of carbonyl (C=O) groups is 3. The summed E-state index contributed by atoms with van der Waals surface area (Å²) in [5.41, 5.74) is -1.97. The molecule has 7 nitrogen and oxygen atoms in total. The highest BCUT2D eigenvalue weighted by atomic mass is 16.6. The van der Waals surface area contributed by atoms with Crippen LogP contribution >= 0.6 is 0 Å². The molecule has 7 heteroatoms. The zero-order chi connectivity index (χ0) is 30.2. The molecule has 6 rings (SSSR count). The van der Waals surface area contributed by atoms with E-state index in [9.17, 15) is 19.5 Å². The number of ether oxygens (including phenoxy) is 3. The molecular formula is C34H52O7. The Hall–Kier alpha value is -1.47. The Morgan fingerprint density at radius 2 is 1.61 bits per heavy atom. The fourth-order valence-electron chi connectivity index (χ4n) is 12.7. The molecule has 11 atom stereocenters. The lowest BCUT2D eigenvalue weighted by atomic mass is 9.41. The lowest BCUT2D eigenvalue weighted by Gasteiger charge is -2.63. The van der Waals surface area contributed by atoms with Gasteiger partial charge in [-0.1, -0.05) is 27.7 Å². The molecule has 6 fully saturated rings. The van der Waals surface area contributed by atoms with Gasteiger partial charge in [0.2, 0.25) is 0 Å². The number of ketones is 1. The normalized spacial score (nSPS) is 51.6. The number of hydrogen-bond acceptors (Lipinski definition) is 7. The van der Waals surface area contributed by atoms with Gasteiger partial charge in [0.15, 0.2) is 0 Å². The van der Waals surface area contributed by atoms with E-state index in [-0.39, 0.29) is 57.6 Å². The number of Topliss-reactive ketones (excluding diaryl/α,β-unsaturated/α-hetero) is 1. The number of rotatable bonds is 4. The van der Waals surface area contributed by atoms with Gasteiger partial charge in [-0.15, -0.1) is 0 Å². The van der Waals surface area contributed by atoms with Gasteiger partial charge in [0, 0.05) is 37.5 Å². The van der Waals surface area contributed by atoms with Crippen molar-refractivity contribution in [3.63, 3.8) is 0 Å². The Bertz CT molecular complexity index is 1180. The smallest absolute Gasteiger partial charge is 0.303 e. The van der Waals surface area contributed by atoms with Crippen LogP contribution in [0.2, 0.25) is 0 Å². The van der Waals surface area contributed by atoms with E-state index in [1.165, 1.54) is 13.8 Å². The first kappa shape index (κ1) is 29.6. The SMILES string of the molecule is CC(=O)O[C@H]1C[C@@]2(C)[C@@H]3C[C@H](O)[C@H]4C(C)(C)C(=O)CC[C@@]45C[C@@]35CC[C@]2(C)[C@H]1[C@@]1(C)CC[C@@H](C(C)(C)OC(C)=O)O1. The molecule has 2 spiro atoms. The number of aliphatic hydroxyl groups is 1. The zero-order valence-electron chi connectivity index (χ0n) is 26.7. The van der Waals surface area contributed by atoms with Crippen LogP contribution in [-0.2, 0) is 28.6 Å². The predicted octanol–water partition coefficient (Wildman–Crippen LogP) is 5.79. The Kier molecular flexibility index (Phi) is 6.19. The average Bonchev–Trinajstić information content (AvgIpc) is 3.17. The Labute approximate surface area is 245 Å². The summed E-state index contributed by atoms with van der Waals surface area (Å²) in [5.74, 6) is 0.00896. The highest BCUT2D eigenvalue weighted by Crippen LogP contribution is 2.89. The highest BCUT2D eigenvalue weighted by molar-refractivity contribution is 5.86. The molecule has 1 heterocycles. The summed E-state index contributed by atoms with van der Waals surface area (Å²) in [6, 6.07) is 0. The van der Waals surface area contributed by atoms with E-state index in [1.807, 2.05) is 13.8 Å². The molecule has 0 bridgehead atoms. The van der Waals surface area contributed by atoms with Gasteiger partial charge in [-0.2, -0.15) is 0 Å². The molecule has 0 radical (unpaired) electrons. The van der Waals surface area contributed by atoms with Crippen molar-refractivity contribution in [2.24, 2.45) is 44.8 Å². The lowest BCUT2D eigenvalue weighted by Crippen LogP contribution is -2.61. The molecule has 0 aromatic carbocycles. The van der Waals surface area contributed by atoms with Gasteiger partial charge < -0.3 is 19.3 Å². The molecule has 1 saturated heterocycles. The minimum atomic E-state index is -0.756. The predicted molar refractivity (Wildman–Crippen MR) is 153 cm³/mol. The van der Waals surface area contributed by atoms with Crippen molar-refractivity contribution in [3.05, 3.63) is 0 Å². The van der Waals surface area contributed by atoms with Gasteiger partial charge in [-0.3, -0.25) is 14.4 Å². The van der Waals surface area contributed by atoms with Crippen molar-refractivity contribution >= 4 is 17.7 Å². The maximum absolute atomic E-state index is 13.1. The summed E-state index contributed by atoms with van der Waals surface area (Å²) in [6.45, 7) is 17.9. The Morgan fingerprint density at radius 1 is 0.927 bits per heavy atom. The van der Waals surface area contributed by atoms with Gasteiger partial charge in [0.1, 0.15) is 17.5 Å². The summed E-state index contributed by atoms with van der Waals surface area (Å²) in [6.07, 6.45) is 6.70. The average molecular weight is 573 g/mol. The second kappa shape index (κ2) is 8.58. The first-order valence-electron chi connectivity index (χ1n) is 16.1. The standard InChI is InChI=1S/C34H52O7/c1-19(35)39-22-17-31(8)23-16-21(37)26-28(3,4)24(38)10-13-34(26)18-33(23,34)15-14-30(31,7)27(22)32(9)12-11-25(41-32)29(5,6)40-20(2)36/h21-23,25-27,37H,10-18H2,1-9H3/t21-,22-,23-,25-,26-,27-,30+,31-,32+,33-,34+/m0/s1. The Balaban J connectivity index is 1.38. The fraction of sp³-hybridized carbons (Fsp3) is 0.912. The van der Waals surface area contributed by atoms with Crippen LogP contribution in [-0.4, -0.2) is 52.3 Å². The summed E-state index contributed by atoms with van der Waals surface area (Å²) in [7, 11) is 0. The molecule has 6 aliphatic rings. The fourth-order valence-corrected chi connectivity index (χ4v) is 12.7. The minimum absolute atomic E-state index is 0.0156. The molecular weight excluding hydrogens is 520 g/mol. The van der Waals surface area contributed by atoms with Crippen LogP contribution in [0.25, 0.3) is 0 Å². The summed E-state index contributed by atoms with van der Waals surface area (Å²) >= 11 is 0. The summed E-state index contributed by atoms with van der Waals surface area (Å²) in [4.78, 5) is 37.4. The molecule has 0 aromatic heterocycles. The molecule has 1 aliphatic heterocycles. The largest absolute Gasteiger partial charge is 0.462 e. The first-order valence-corrected chi connectivity index (χ1v) is 16.1. The third-order valence-corrected chi connectivity index (χ3v) is 14.2. The van der Waals surface area contributed by atoms with Gasteiger partial charge in [-0.05, 0) is 99.7 Å². The molecule has 0 amide bonds. The molecule has 0 aromatic rings. The molecule has 230 valence electrons. The minimum Gasteiger partial charge on any atom is -0.462 e. The highest BCUT2D eigenvalue weighted by Gasteiger charge is 2.85. The van der Waals surface area contributed by atoms with E-state index >= 15 is 0 Å². The van der Waals surface area contributed by atoms with Crippen molar-refractivity contribution in [3.8, 4) is 0 Å². The monoisotopic (exact) mass is 572 g/mol. The number of esters is 2. The number of aliphatic hydroxyl groups excluding tert-OH is 1. The quantitative estimate of drug-likeness (QED) is 0.426. The molecule has 5 aliphatic carbocycles. The molecule has 41 heavy (non-hydrogen) atoms. The third kappa shape index (κ3) is 3.66. The van der Waals surface area contributed by atoms with Gasteiger partial charge >= 0.3 is 11.9 Å². The van der Waals surface area contributed by atoms with Crippen LogP contribution in [0.4, 0.5) is 0 Å². The van der Waals surface area contributed by atoms with Crippen LogP contribution in [0, 0.1) is 44.8 Å². The summed E-state index contributed by atoms with van der Waals surface area (Å²) in [5, 5.41) is 11.8. The van der Waals surface area contributed by atoms with Crippen LogP contribution in [0.1, 0.15) is 120 Å². The van der Waals surface area contributed by atoms with Crippen molar-refractivity contribution in [1.29, 1.82) is 0 Å². The van der Waals surface area contributed by atoms with Gasteiger partial charge in [0.05, 0.1) is 17.8 Å². The Morgan fingerprint density at radius 3 is 2.24 bits per heavy atom. The van der Waals surface area contributed by atoms with Crippen LogP contribution in [0.3, 0.4) is 0 Å². The van der Waals surface area contributed by atoms with E-state index in [0.29, 0.717) is 24.5 Å². The van der Waals surface area contributed by atoms with Crippen LogP contribution in [0.15, 0.2) is 0 Å². The van der Waals surface area contributed by atoms with Crippen molar-refractivity contribution < 1.29 is 33.7 Å². The topological polar surface area (TPSA) is 99.1 Å². The number of carbonyl (C=O) groups excluding carboxylic acids is 3. The van der Waals surface area contributed by atoms with Gasteiger partial charge in [0.25, 0.3) is 0 Å². The number of hydrogen-bond donors (Lipinski definition) is 1. The van der Waals surface area contributed by atoms with Crippen molar-refractivity contribution in [2.45, 2.75) is 150 Å². The van der Waals surface area contributed by atoms with Crippen LogP contribution < -0.4 is 0 Å². The molecule has 5 saturated carbocycles. The number of fused-ring (bicyclic) bond motifs is 2. The maximum atomic E-state index is 13.1. The van der Waals surface area contributed by atoms with E-state index in [4.69, 9.17) is 14.2 Å². The second-order valence-corrected chi connectivity index (χ2v) is 16.8. The third-order valence-electron chi connectivity index (χ3n) is 14.2. The van der Waals surface area contributed by atoms with E-state index < -0.39 is 22.7 Å². The first-order chi connectivity index (χ1) is 18.8.